The molecule has 0 fully saturated rings. The van der Waals surface area contributed by atoms with Crippen molar-refractivity contribution >= 4 is 11.8 Å². The number of benzene rings is 1. The van der Waals surface area contributed by atoms with E-state index in [-0.39, 0.29) is 0 Å². The van der Waals surface area contributed by atoms with E-state index in [4.69, 9.17) is 9.47 Å². The van der Waals surface area contributed by atoms with Gasteiger partial charge in [0, 0.05) is 17.3 Å². The molecule has 0 saturated heterocycles. The second-order valence-electron chi connectivity index (χ2n) is 3.14. The van der Waals surface area contributed by atoms with Crippen LogP contribution in [0.1, 0.15) is 13.3 Å². The molecule has 0 aliphatic heterocycles. The van der Waals surface area contributed by atoms with Crippen molar-refractivity contribution in [3.63, 3.8) is 0 Å². The van der Waals surface area contributed by atoms with E-state index in [9.17, 15) is 0 Å². The minimum atomic E-state index is 0.824. The summed E-state index contributed by atoms with van der Waals surface area (Å²) in [4.78, 5) is 1.26. The van der Waals surface area contributed by atoms with E-state index in [1.807, 2.05) is 23.9 Å². The first-order chi connectivity index (χ1) is 7.36. The van der Waals surface area contributed by atoms with Crippen LogP contribution in [-0.2, 0) is 4.74 Å². The van der Waals surface area contributed by atoms with Gasteiger partial charge in [0.25, 0.3) is 0 Å². The second-order valence-corrected chi connectivity index (χ2v) is 4.30. The van der Waals surface area contributed by atoms with Crippen LogP contribution in [0.5, 0.6) is 5.75 Å². The topological polar surface area (TPSA) is 18.5 Å². The zero-order valence-corrected chi connectivity index (χ0v) is 10.2. The highest BCUT2D eigenvalue weighted by molar-refractivity contribution is 7.99. The Morgan fingerprint density at radius 3 is 2.47 bits per heavy atom. The van der Waals surface area contributed by atoms with Crippen LogP contribution in [0.25, 0.3) is 0 Å². The molecule has 0 radical (unpaired) electrons. The van der Waals surface area contributed by atoms with Crippen LogP contribution in [0.2, 0.25) is 0 Å². The highest BCUT2D eigenvalue weighted by Crippen LogP contribution is 2.20. The number of methoxy groups -OCH3 is 1. The Morgan fingerprint density at radius 1 is 1.13 bits per heavy atom. The van der Waals surface area contributed by atoms with Crippen LogP contribution >= 0.6 is 11.8 Å². The van der Waals surface area contributed by atoms with Gasteiger partial charge in [-0.1, -0.05) is 6.92 Å². The van der Waals surface area contributed by atoms with Gasteiger partial charge in [0.2, 0.25) is 0 Å². The van der Waals surface area contributed by atoms with E-state index in [1.165, 1.54) is 4.90 Å². The van der Waals surface area contributed by atoms with Gasteiger partial charge in [0.05, 0.1) is 13.7 Å². The summed E-state index contributed by atoms with van der Waals surface area (Å²) in [5.74, 6) is 1.91. The fourth-order valence-electron chi connectivity index (χ4n) is 1.14. The Balaban J connectivity index is 2.20. The molecule has 1 rings (SSSR count). The van der Waals surface area contributed by atoms with E-state index >= 15 is 0 Å². The third kappa shape index (κ3) is 5.09. The molecule has 0 spiro atoms. The van der Waals surface area contributed by atoms with Crippen molar-refractivity contribution < 1.29 is 9.47 Å². The molecule has 3 heteroatoms. The van der Waals surface area contributed by atoms with Gasteiger partial charge in [-0.25, -0.2) is 0 Å². The largest absolute Gasteiger partial charge is 0.497 e. The Morgan fingerprint density at radius 2 is 1.87 bits per heavy atom. The molecule has 2 nitrogen and oxygen atoms in total. The Labute approximate surface area is 96.0 Å². The molecule has 0 unspecified atom stereocenters. The van der Waals surface area contributed by atoms with Crippen LogP contribution in [-0.4, -0.2) is 26.1 Å². The first kappa shape index (κ1) is 12.4. The molecule has 0 saturated carbocycles. The quantitative estimate of drug-likeness (QED) is 0.525. The Hall–Kier alpha value is -0.670. The third-order valence-electron chi connectivity index (χ3n) is 1.90. The number of rotatable bonds is 7. The first-order valence-electron chi connectivity index (χ1n) is 5.21. The van der Waals surface area contributed by atoms with E-state index in [2.05, 4.69) is 19.1 Å². The van der Waals surface area contributed by atoms with Gasteiger partial charge in [-0.15, -0.1) is 11.8 Å². The molecule has 0 aromatic heterocycles. The van der Waals surface area contributed by atoms with Gasteiger partial charge in [-0.05, 0) is 30.7 Å². The smallest absolute Gasteiger partial charge is 0.118 e. The molecule has 84 valence electrons. The summed E-state index contributed by atoms with van der Waals surface area (Å²) in [7, 11) is 1.68. The van der Waals surface area contributed by atoms with Gasteiger partial charge >= 0.3 is 0 Å². The normalized spacial score (nSPS) is 10.3. The molecule has 15 heavy (non-hydrogen) atoms. The molecule has 0 heterocycles. The Kier molecular flexibility index (Phi) is 6.28. The third-order valence-corrected chi connectivity index (χ3v) is 2.88. The fourth-order valence-corrected chi connectivity index (χ4v) is 1.90. The van der Waals surface area contributed by atoms with Crippen LogP contribution < -0.4 is 4.74 Å². The maximum atomic E-state index is 5.40. The predicted octanol–water partition coefficient (Wildman–Crippen LogP) is 3.21. The lowest BCUT2D eigenvalue weighted by atomic mass is 10.3. The molecule has 0 N–H and O–H groups in total. The highest BCUT2D eigenvalue weighted by atomic mass is 32.2. The van der Waals surface area contributed by atoms with Gasteiger partial charge in [0.1, 0.15) is 5.75 Å². The molecule has 1 aromatic rings. The van der Waals surface area contributed by atoms with Gasteiger partial charge < -0.3 is 9.47 Å². The second kappa shape index (κ2) is 7.60. The predicted molar refractivity (Wildman–Crippen MR) is 64.8 cm³/mol. The standard InChI is InChI=1S/C12H18O2S/c1-3-8-14-9-10-15-12-6-4-11(13-2)5-7-12/h4-7H,3,8-10H2,1-2H3. The minimum Gasteiger partial charge on any atom is -0.497 e. The molecule has 1 aromatic carbocycles. The zero-order chi connectivity index (χ0) is 10.9. The molecule has 0 atom stereocenters. The summed E-state index contributed by atoms with van der Waals surface area (Å²) < 4.78 is 10.5. The summed E-state index contributed by atoms with van der Waals surface area (Å²) in [5.41, 5.74) is 0. The van der Waals surface area contributed by atoms with Crippen molar-refractivity contribution in [2.45, 2.75) is 18.2 Å². The number of hydrogen-bond acceptors (Lipinski definition) is 3. The zero-order valence-electron chi connectivity index (χ0n) is 9.36. The SMILES string of the molecule is CCCOCCSc1ccc(OC)cc1. The molecule has 0 aliphatic rings. The van der Waals surface area contributed by atoms with Crippen molar-refractivity contribution in [1.29, 1.82) is 0 Å². The summed E-state index contributed by atoms with van der Waals surface area (Å²) in [6.07, 6.45) is 1.09. The Bertz CT molecular complexity index is 259. The van der Waals surface area contributed by atoms with E-state index in [0.29, 0.717) is 0 Å². The number of ether oxygens (including phenoxy) is 2. The average molecular weight is 226 g/mol. The molecular formula is C12H18O2S. The fraction of sp³-hybridized carbons (Fsp3) is 0.500. The van der Waals surface area contributed by atoms with E-state index < -0.39 is 0 Å². The average Bonchev–Trinajstić information content (AvgIpc) is 2.30. The van der Waals surface area contributed by atoms with Crippen LogP contribution in [0.15, 0.2) is 29.2 Å². The number of hydrogen-bond donors (Lipinski definition) is 0. The summed E-state index contributed by atoms with van der Waals surface area (Å²) >= 11 is 1.81. The van der Waals surface area contributed by atoms with E-state index in [1.54, 1.807) is 7.11 Å². The van der Waals surface area contributed by atoms with Crippen molar-refractivity contribution in [2.75, 3.05) is 26.1 Å². The van der Waals surface area contributed by atoms with Crippen molar-refractivity contribution in [3.05, 3.63) is 24.3 Å². The van der Waals surface area contributed by atoms with Crippen LogP contribution in [0.3, 0.4) is 0 Å². The first-order valence-corrected chi connectivity index (χ1v) is 6.20. The summed E-state index contributed by atoms with van der Waals surface area (Å²) in [6, 6.07) is 8.11. The monoisotopic (exact) mass is 226 g/mol. The lowest BCUT2D eigenvalue weighted by Gasteiger charge is -2.04. The lowest BCUT2D eigenvalue weighted by molar-refractivity contribution is 0.151. The molecule has 0 bridgehead atoms. The highest BCUT2D eigenvalue weighted by Gasteiger charge is 1.95. The summed E-state index contributed by atoms with van der Waals surface area (Å²) in [6.45, 7) is 3.81. The van der Waals surface area contributed by atoms with Crippen molar-refractivity contribution in [2.24, 2.45) is 0 Å². The van der Waals surface area contributed by atoms with Gasteiger partial charge in [0.15, 0.2) is 0 Å². The van der Waals surface area contributed by atoms with Crippen molar-refractivity contribution in [3.8, 4) is 5.75 Å². The lowest BCUT2D eigenvalue weighted by Crippen LogP contribution is -1.97. The van der Waals surface area contributed by atoms with E-state index in [0.717, 1.165) is 31.1 Å². The summed E-state index contributed by atoms with van der Waals surface area (Å²) in [5, 5.41) is 0. The van der Waals surface area contributed by atoms with Gasteiger partial charge in [-0.3, -0.25) is 0 Å². The molecule has 0 amide bonds. The van der Waals surface area contributed by atoms with Crippen LogP contribution in [0, 0.1) is 0 Å². The molecular weight excluding hydrogens is 208 g/mol. The van der Waals surface area contributed by atoms with Crippen LogP contribution in [0.4, 0.5) is 0 Å². The maximum absolute atomic E-state index is 5.40. The van der Waals surface area contributed by atoms with Crippen molar-refractivity contribution in [1.82, 2.24) is 0 Å². The molecule has 0 aliphatic carbocycles. The number of thioether (sulfide) groups is 1. The minimum absolute atomic E-state index is 0.824. The maximum Gasteiger partial charge on any atom is 0.118 e. The van der Waals surface area contributed by atoms with Gasteiger partial charge in [-0.2, -0.15) is 0 Å².